The molecule has 206 valence electrons. The number of aliphatic hydroxyl groups excluding tert-OH is 2. The molecule has 9 nitrogen and oxygen atoms in total. The molecule has 0 aliphatic rings. The van der Waals surface area contributed by atoms with Gasteiger partial charge in [0.05, 0.1) is 0 Å². The van der Waals surface area contributed by atoms with Crippen molar-refractivity contribution in [1.82, 2.24) is 20.8 Å². The van der Waals surface area contributed by atoms with Crippen LogP contribution in [-0.2, 0) is 17.8 Å². The van der Waals surface area contributed by atoms with Gasteiger partial charge in [0.2, 0.25) is 11.7 Å². The lowest BCUT2D eigenvalue weighted by Crippen LogP contribution is -2.36. The number of benzene rings is 2. The third-order valence-electron chi connectivity index (χ3n) is 6.20. The van der Waals surface area contributed by atoms with E-state index in [1.807, 2.05) is 26.0 Å². The molecular weight excluding hydrogens is 484 g/mol. The van der Waals surface area contributed by atoms with Gasteiger partial charge in [-0.15, -0.1) is 0 Å². The third kappa shape index (κ3) is 7.86. The molecule has 3 rings (SSSR count). The Hall–Kier alpha value is -3.27. The first-order chi connectivity index (χ1) is 18.2. The maximum Gasteiger partial charge on any atom is 0.258 e. The maximum atomic E-state index is 11.2. The molecule has 0 fully saturated rings. The van der Waals surface area contributed by atoms with Crippen molar-refractivity contribution in [3.8, 4) is 28.6 Å². The predicted octanol–water partition coefficient (Wildman–Crippen LogP) is 3.75. The van der Waals surface area contributed by atoms with Crippen molar-refractivity contribution < 1.29 is 24.3 Å². The highest BCUT2D eigenvalue weighted by Crippen LogP contribution is 2.32. The number of aryl methyl sites for hydroxylation is 2. The van der Waals surface area contributed by atoms with E-state index in [4.69, 9.17) is 19.4 Å². The Morgan fingerprint density at radius 3 is 2.61 bits per heavy atom. The van der Waals surface area contributed by atoms with Gasteiger partial charge in [-0.25, -0.2) is 0 Å². The van der Waals surface area contributed by atoms with Gasteiger partial charge in [-0.1, -0.05) is 38.9 Å². The fourth-order valence-electron chi connectivity index (χ4n) is 4.12. The SMILES string of the molecule is CCCNCc1cc(-c2nc(-c3cc(C)c(OC[C@@H](O)CNC(=O)CO)c(CC)c3)no2)cc(C(C)C)c1. The summed E-state index contributed by atoms with van der Waals surface area (Å²) < 4.78 is 11.6. The van der Waals surface area contributed by atoms with Crippen LogP contribution in [0.5, 0.6) is 5.75 Å². The van der Waals surface area contributed by atoms with E-state index < -0.39 is 18.6 Å². The van der Waals surface area contributed by atoms with Crippen LogP contribution in [0.15, 0.2) is 34.9 Å². The summed E-state index contributed by atoms with van der Waals surface area (Å²) in [6, 6.07) is 10.3. The zero-order valence-electron chi connectivity index (χ0n) is 23.0. The zero-order chi connectivity index (χ0) is 27.7. The second kappa shape index (κ2) is 14.0. The van der Waals surface area contributed by atoms with Crippen LogP contribution in [0.3, 0.4) is 0 Å². The Bertz CT molecular complexity index is 1210. The molecule has 0 spiro atoms. The topological polar surface area (TPSA) is 130 Å². The fourth-order valence-corrected chi connectivity index (χ4v) is 4.12. The molecule has 1 amide bonds. The van der Waals surface area contributed by atoms with E-state index in [0.29, 0.717) is 29.8 Å². The molecule has 1 heterocycles. The minimum absolute atomic E-state index is 0.00197. The van der Waals surface area contributed by atoms with Gasteiger partial charge in [-0.05, 0) is 78.7 Å². The molecule has 0 aliphatic heterocycles. The Morgan fingerprint density at radius 2 is 1.92 bits per heavy atom. The van der Waals surface area contributed by atoms with Crippen LogP contribution < -0.4 is 15.4 Å². The second-order valence-electron chi connectivity index (χ2n) is 9.78. The molecule has 1 atom stereocenters. The standard InChI is InChI=1S/C29H40N4O5/c1-6-8-30-14-20-10-22(18(3)4)13-24(11-20)29-32-28(33-38-29)23-9-19(5)27(21(7-2)12-23)37-17-25(35)15-31-26(36)16-34/h9-13,18,25,30,34-35H,6-8,14-17H2,1-5H3,(H,31,36)/t25-/m0/s1. The molecule has 1 aromatic heterocycles. The van der Waals surface area contributed by atoms with Crippen molar-refractivity contribution in [2.24, 2.45) is 0 Å². The second-order valence-corrected chi connectivity index (χ2v) is 9.78. The number of carbonyl (C=O) groups is 1. The molecule has 0 radical (unpaired) electrons. The molecule has 0 saturated carbocycles. The molecule has 0 aliphatic carbocycles. The van der Waals surface area contributed by atoms with Gasteiger partial charge in [0, 0.05) is 24.2 Å². The molecule has 3 aromatic rings. The van der Waals surface area contributed by atoms with Crippen molar-refractivity contribution in [2.75, 3.05) is 26.3 Å². The normalized spacial score (nSPS) is 12.1. The van der Waals surface area contributed by atoms with E-state index in [1.165, 1.54) is 11.1 Å². The van der Waals surface area contributed by atoms with E-state index in [-0.39, 0.29) is 13.2 Å². The summed E-state index contributed by atoms with van der Waals surface area (Å²) >= 11 is 0. The highest BCUT2D eigenvalue weighted by molar-refractivity contribution is 5.76. The van der Waals surface area contributed by atoms with Crippen LogP contribution >= 0.6 is 0 Å². The molecule has 0 unspecified atom stereocenters. The highest BCUT2D eigenvalue weighted by Gasteiger charge is 2.17. The molecule has 4 N–H and O–H groups in total. The monoisotopic (exact) mass is 524 g/mol. The van der Waals surface area contributed by atoms with Gasteiger partial charge >= 0.3 is 0 Å². The van der Waals surface area contributed by atoms with Gasteiger partial charge < -0.3 is 30.1 Å². The average molecular weight is 525 g/mol. The fraction of sp³-hybridized carbons (Fsp3) is 0.483. The summed E-state index contributed by atoms with van der Waals surface area (Å²) in [5.41, 5.74) is 5.95. The third-order valence-corrected chi connectivity index (χ3v) is 6.20. The maximum absolute atomic E-state index is 11.2. The largest absolute Gasteiger partial charge is 0.490 e. The predicted molar refractivity (Wildman–Crippen MR) is 147 cm³/mol. The number of hydrogen-bond donors (Lipinski definition) is 4. The number of nitrogens with one attached hydrogen (secondary N) is 2. The van der Waals surface area contributed by atoms with Crippen molar-refractivity contribution >= 4 is 5.91 Å². The van der Waals surface area contributed by atoms with E-state index >= 15 is 0 Å². The molecule has 0 bridgehead atoms. The van der Waals surface area contributed by atoms with Crippen LogP contribution in [0.4, 0.5) is 0 Å². The summed E-state index contributed by atoms with van der Waals surface area (Å²) in [5, 5.41) is 29.1. The van der Waals surface area contributed by atoms with Gasteiger partial charge in [0.15, 0.2) is 0 Å². The zero-order valence-corrected chi connectivity index (χ0v) is 23.0. The number of aliphatic hydroxyl groups is 2. The average Bonchev–Trinajstić information content (AvgIpc) is 3.41. The van der Waals surface area contributed by atoms with E-state index in [9.17, 15) is 9.90 Å². The van der Waals surface area contributed by atoms with Crippen molar-refractivity contribution in [2.45, 2.75) is 66.0 Å². The van der Waals surface area contributed by atoms with Crippen LogP contribution in [0, 0.1) is 6.92 Å². The number of rotatable bonds is 14. The van der Waals surface area contributed by atoms with Crippen LogP contribution in [-0.4, -0.2) is 58.7 Å². The number of ether oxygens (including phenoxy) is 1. The Balaban J connectivity index is 1.81. The van der Waals surface area contributed by atoms with Crippen LogP contribution in [0.1, 0.15) is 62.3 Å². The lowest BCUT2D eigenvalue weighted by molar-refractivity contribution is -0.124. The summed E-state index contributed by atoms with van der Waals surface area (Å²) in [5.74, 6) is 1.48. The summed E-state index contributed by atoms with van der Waals surface area (Å²) in [6.45, 7) is 11.6. The van der Waals surface area contributed by atoms with Crippen molar-refractivity contribution in [3.63, 3.8) is 0 Å². The first kappa shape index (κ1) is 29.3. The molecule has 38 heavy (non-hydrogen) atoms. The molecule has 0 saturated heterocycles. The number of nitrogens with zero attached hydrogens (tertiary/aromatic N) is 2. The van der Waals surface area contributed by atoms with Crippen molar-refractivity contribution in [1.29, 1.82) is 0 Å². The quantitative estimate of drug-likeness (QED) is 0.235. The summed E-state index contributed by atoms with van der Waals surface area (Å²) in [4.78, 5) is 15.9. The summed E-state index contributed by atoms with van der Waals surface area (Å²) in [7, 11) is 0. The first-order valence-electron chi connectivity index (χ1n) is 13.3. The van der Waals surface area contributed by atoms with E-state index in [0.717, 1.165) is 41.8 Å². The Morgan fingerprint density at radius 1 is 1.13 bits per heavy atom. The minimum atomic E-state index is -0.905. The van der Waals surface area contributed by atoms with Gasteiger partial charge in [-0.2, -0.15) is 4.98 Å². The summed E-state index contributed by atoms with van der Waals surface area (Å²) in [6.07, 6.45) is 0.880. The Kier molecular flexibility index (Phi) is 10.8. The number of aromatic nitrogens is 2. The van der Waals surface area contributed by atoms with Crippen LogP contribution in [0.2, 0.25) is 0 Å². The first-order valence-corrected chi connectivity index (χ1v) is 13.3. The van der Waals surface area contributed by atoms with E-state index in [1.54, 1.807) is 0 Å². The molecule has 9 heteroatoms. The molecule has 2 aromatic carbocycles. The Labute approximate surface area is 224 Å². The minimum Gasteiger partial charge on any atom is -0.490 e. The van der Waals surface area contributed by atoms with Gasteiger partial charge in [0.1, 0.15) is 25.1 Å². The lowest BCUT2D eigenvalue weighted by Gasteiger charge is -2.17. The number of hydrogen-bond acceptors (Lipinski definition) is 8. The number of carbonyl (C=O) groups excluding carboxylic acids is 1. The number of amides is 1. The smallest absolute Gasteiger partial charge is 0.258 e. The highest BCUT2D eigenvalue weighted by atomic mass is 16.5. The van der Waals surface area contributed by atoms with E-state index in [2.05, 4.69) is 54.8 Å². The lowest BCUT2D eigenvalue weighted by atomic mass is 9.97. The van der Waals surface area contributed by atoms with Crippen LogP contribution in [0.25, 0.3) is 22.8 Å². The van der Waals surface area contributed by atoms with Crippen molar-refractivity contribution in [3.05, 3.63) is 52.6 Å². The van der Waals surface area contributed by atoms with Gasteiger partial charge in [0.25, 0.3) is 5.89 Å². The van der Waals surface area contributed by atoms with Gasteiger partial charge in [-0.3, -0.25) is 4.79 Å². The molecular formula is C29H40N4O5.